The van der Waals surface area contributed by atoms with Crippen LogP contribution >= 0.6 is 0 Å². The standard InChI is InChI=1S/C23H26N2O3/c1-5-15(2)20-11-6-7-12-22(20)24-23(26)18-9-8-10-19(13-18)27-14-21-16(3)25-28-17(21)4/h6-13,15H,5,14H2,1-4H3,(H,24,26)/t15-/m1/s1. The number of benzene rings is 2. The van der Waals surface area contributed by atoms with E-state index in [1.807, 2.05) is 44.2 Å². The van der Waals surface area contributed by atoms with Crippen molar-refractivity contribution in [2.24, 2.45) is 0 Å². The number of nitrogens with zero attached hydrogens (tertiary/aromatic N) is 1. The van der Waals surface area contributed by atoms with Gasteiger partial charge in [-0.3, -0.25) is 4.79 Å². The predicted octanol–water partition coefficient (Wildman–Crippen LogP) is 5.64. The van der Waals surface area contributed by atoms with Crippen molar-refractivity contribution in [3.05, 3.63) is 76.7 Å². The number of para-hydroxylation sites is 1. The number of anilines is 1. The normalized spacial score (nSPS) is 11.9. The largest absolute Gasteiger partial charge is 0.489 e. The van der Waals surface area contributed by atoms with Crippen molar-refractivity contribution in [1.82, 2.24) is 5.16 Å². The van der Waals surface area contributed by atoms with Crippen LogP contribution in [0.4, 0.5) is 5.69 Å². The molecular formula is C23H26N2O3. The van der Waals surface area contributed by atoms with Crippen LogP contribution in [0.25, 0.3) is 0 Å². The topological polar surface area (TPSA) is 64.4 Å². The minimum Gasteiger partial charge on any atom is -0.489 e. The first kappa shape index (κ1) is 19.7. The van der Waals surface area contributed by atoms with E-state index in [0.29, 0.717) is 23.8 Å². The lowest BCUT2D eigenvalue weighted by atomic mass is 9.97. The van der Waals surface area contributed by atoms with Gasteiger partial charge in [-0.2, -0.15) is 0 Å². The summed E-state index contributed by atoms with van der Waals surface area (Å²) < 4.78 is 11.0. The smallest absolute Gasteiger partial charge is 0.255 e. The fourth-order valence-corrected chi connectivity index (χ4v) is 3.05. The Morgan fingerprint density at radius 3 is 2.68 bits per heavy atom. The maximum absolute atomic E-state index is 12.8. The number of hydrogen-bond donors (Lipinski definition) is 1. The van der Waals surface area contributed by atoms with Crippen LogP contribution in [-0.2, 0) is 6.61 Å². The molecule has 28 heavy (non-hydrogen) atoms. The zero-order chi connectivity index (χ0) is 20.1. The van der Waals surface area contributed by atoms with E-state index in [1.165, 1.54) is 0 Å². The Morgan fingerprint density at radius 1 is 1.18 bits per heavy atom. The van der Waals surface area contributed by atoms with Crippen LogP contribution in [0.15, 0.2) is 53.1 Å². The predicted molar refractivity (Wildman–Crippen MR) is 110 cm³/mol. The molecule has 5 heteroatoms. The van der Waals surface area contributed by atoms with E-state index in [-0.39, 0.29) is 5.91 Å². The van der Waals surface area contributed by atoms with Crippen molar-refractivity contribution in [2.45, 2.75) is 46.6 Å². The van der Waals surface area contributed by atoms with Gasteiger partial charge in [-0.25, -0.2) is 0 Å². The molecule has 0 saturated heterocycles. The van der Waals surface area contributed by atoms with Crippen molar-refractivity contribution < 1.29 is 14.1 Å². The molecule has 146 valence electrons. The fraction of sp³-hybridized carbons (Fsp3) is 0.304. The molecule has 1 heterocycles. The molecule has 1 atom stereocenters. The summed E-state index contributed by atoms with van der Waals surface area (Å²) >= 11 is 0. The number of nitrogens with one attached hydrogen (secondary N) is 1. The summed E-state index contributed by atoms with van der Waals surface area (Å²) in [6, 6.07) is 15.1. The van der Waals surface area contributed by atoms with E-state index in [4.69, 9.17) is 9.26 Å². The number of hydrogen-bond acceptors (Lipinski definition) is 4. The van der Waals surface area contributed by atoms with Crippen LogP contribution in [0.5, 0.6) is 5.75 Å². The van der Waals surface area contributed by atoms with E-state index in [0.717, 1.165) is 34.7 Å². The first-order valence-corrected chi connectivity index (χ1v) is 9.54. The van der Waals surface area contributed by atoms with Gasteiger partial charge in [0.25, 0.3) is 5.91 Å². The number of aromatic nitrogens is 1. The average Bonchev–Trinajstić information content (AvgIpc) is 3.04. The van der Waals surface area contributed by atoms with E-state index in [1.54, 1.807) is 12.1 Å². The maximum Gasteiger partial charge on any atom is 0.255 e. The molecule has 0 spiro atoms. The molecule has 0 unspecified atom stereocenters. The quantitative estimate of drug-likeness (QED) is 0.578. The van der Waals surface area contributed by atoms with Crippen LogP contribution < -0.4 is 10.1 Å². The molecule has 1 amide bonds. The van der Waals surface area contributed by atoms with Gasteiger partial charge in [-0.15, -0.1) is 0 Å². The number of carbonyl (C=O) groups excluding carboxylic acids is 1. The van der Waals surface area contributed by atoms with Crippen molar-refractivity contribution in [3.8, 4) is 5.75 Å². The fourth-order valence-electron chi connectivity index (χ4n) is 3.05. The Kier molecular flexibility index (Phi) is 6.14. The van der Waals surface area contributed by atoms with Gasteiger partial charge in [0.2, 0.25) is 0 Å². The molecule has 0 radical (unpaired) electrons. The third-order valence-corrected chi connectivity index (χ3v) is 5.01. The second-order valence-corrected chi connectivity index (χ2v) is 6.97. The van der Waals surface area contributed by atoms with E-state index >= 15 is 0 Å². The van der Waals surface area contributed by atoms with E-state index in [9.17, 15) is 4.79 Å². The third-order valence-electron chi connectivity index (χ3n) is 5.01. The first-order chi connectivity index (χ1) is 13.5. The third kappa shape index (κ3) is 4.42. The van der Waals surface area contributed by atoms with Crippen LogP contribution in [0.3, 0.4) is 0 Å². The van der Waals surface area contributed by atoms with Gasteiger partial charge in [0, 0.05) is 11.3 Å². The van der Waals surface area contributed by atoms with Crippen LogP contribution in [0.1, 0.15) is 59.1 Å². The zero-order valence-corrected chi connectivity index (χ0v) is 16.8. The number of aryl methyl sites for hydroxylation is 2. The van der Waals surface area contributed by atoms with Gasteiger partial charge in [0.05, 0.1) is 11.3 Å². The highest BCUT2D eigenvalue weighted by atomic mass is 16.5. The summed E-state index contributed by atoms with van der Waals surface area (Å²) in [5, 5.41) is 6.97. The minimum absolute atomic E-state index is 0.154. The molecule has 3 aromatic rings. The highest BCUT2D eigenvalue weighted by Crippen LogP contribution is 2.27. The lowest BCUT2D eigenvalue weighted by Crippen LogP contribution is -2.14. The van der Waals surface area contributed by atoms with E-state index < -0.39 is 0 Å². The molecule has 0 bridgehead atoms. The van der Waals surface area contributed by atoms with Gasteiger partial charge >= 0.3 is 0 Å². The summed E-state index contributed by atoms with van der Waals surface area (Å²) in [6.45, 7) is 8.39. The van der Waals surface area contributed by atoms with Gasteiger partial charge < -0.3 is 14.6 Å². The van der Waals surface area contributed by atoms with Crippen molar-refractivity contribution in [2.75, 3.05) is 5.32 Å². The first-order valence-electron chi connectivity index (χ1n) is 9.54. The van der Waals surface area contributed by atoms with Gasteiger partial charge in [0.15, 0.2) is 0 Å². The molecule has 0 fully saturated rings. The minimum atomic E-state index is -0.154. The van der Waals surface area contributed by atoms with Gasteiger partial charge in [-0.05, 0) is 56.0 Å². The Hall–Kier alpha value is -3.08. The zero-order valence-electron chi connectivity index (χ0n) is 16.8. The summed E-state index contributed by atoms with van der Waals surface area (Å²) in [4.78, 5) is 12.8. The average molecular weight is 378 g/mol. The van der Waals surface area contributed by atoms with Gasteiger partial charge in [-0.1, -0.05) is 43.3 Å². The molecule has 0 aliphatic rings. The Balaban J connectivity index is 1.73. The molecule has 0 aliphatic carbocycles. The molecule has 1 N–H and O–H groups in total. The summed E-state index contributed by atoms with van der Waals surface area (Å²) in [5.74, 6) is 1.59. The van der Waals surface area contributed by atoms with Crippen LogP contribution in [-0.4, -0.2) is 11.1 Å². The Labute approximate surface area is 165 Å². The Bertz CT molecular complexity index is 942. The molecule has 3 rings (SSSR count). The van der Waals surface area contributed by atoms with Crippen molar-refractivity contribution in [1.29, 1.82) is 0 Å². The number of ether oxygens (including phenoxy) is 1. The molecule has 0 saturated carbocycles. The Morgan fingerprint density at radius 2 is 1.96 bits per heavy atom. The van der Waals surface area contributed by atoms with Crippen molar-refractivity contribution in [3.63, 3.8) is 0 Å². The lowest BCUT2D eigenvalue weighted by Gasteiger charge is -2.16. The lowest BCUT2D eigenvalue weighted by molar-refractivity contribution is 0.102. The highest BCUT2D eigenvalue weighted by molar-refractivity contribution is 6.04. The molecule has 1 aromatic heterocycles. The summed E-state index contributed by atoms with van der Waals surface area (Å²) in [6.07, 6.45) is 1.01. The molecule has 5 nitrogen and oxygen atoms in total. The number of amides is 1. The van der Waals surface area contributed by atoms with Crippen LogP contribution in [0.2, 0.25) is 0 Å². The van der Waals surface area contributed by atoms with Gasteiger partial charge in [0.1, 0.15) is 18.1 Å². The highest BCUT2D eigenvalue weighted by Gasteiger charge is 2.14. The second kappa shape index (κ2) is 8.74. The van der Waals surface area contributed by atoms with Crippen LogP contribution in [0, 0.1) is 13.8 Å². The SMILES string of the molecule is CC[C@@H](C)c1ccccc1NC(=O)c1cccc(OCc2c(C)noc2C)c1. The number of rotatable bonds is 7. The maximum atomic E-state index is 12.8. The molecular weight excluding hydrogens is 352 g/mol. The second-order valence-electron chi connectivity index (χ2n) is 6.97. The monoisotopic (exact) mass is 378 g/mol. The summed E-state index contributed by atoms with van der Waals surface area (Å²) in [5.41, 5.74) is 4.29. The van der Waals surface area contributed by atoms with E-state index in [2.05, 4.69) is 30.4 Å². The summed E-state index contributed by atoms with van der Waals surface area (Å²) in [7, 11) is 0. The molecule has 0 aliphatic heterocycles. The number of carbonyl (C=O) groups is 1. The molecule has 2 aromatic carbocycles. The van der Waals surface area contributed by atoms with Crippen molar-refractivity contribution >= 4 is 11.6 Å².